The van der Waals surface area contributed by atoms with Crippen LogP contribution in [0.25, 0.3) is 0 Å². The van der Waals surface area contributed by atoms with E-state index in [1.807, 2.05) is 45.0 Å². The molecule has 0 aliphatic carbocycles. The van der Waals surface area contributed by atoms with Gasteiger partial charge in [-0.05, 0) is 81.5 Å². The Labute approximate surface area is 166 Å². The number of fused-ring (bicyclic) bond motifs is 1. The fourth-order valence-electron chi connectivity index (χ4n) is 3.62. The van der Waals surface area contributed by atoms with Gasteiger partial charge in [0.1, 0.15) is 22.8 Å². The lowest BCUT2D eigenvalue weighted by Crippen LogP contribution is -2.38. The zero-order valence-electron chi connectivity index (χ0n) is 17.0. The van der Waals surface area contributed by atoms with E-state index in [0.29, 0.717) is 18.0 Å². The molecule has 2 aromatic carbocycles. The van der Waals surface area contributed by atoms with Crippen molar-refractivity contribution in [2.45, 2.75) is 52.6 Å². The molecule has 1 heterocycles. The number of hydrogen-bond acceptors (Lipinski definition) is 4. The Morgan fingerprint density at radius 2 is 1.82 bits per heavy atom. The molecule has 5 N–H and O–H groups in total. The van der Waals surface area contributed by atoms with Gasteiger partial charge < -0.3 is 26.0 Å². The van der Waals surface area contributed by atoms with Crippen LogP contribution >= 0.6 is 0 Å². The molecule has 6 heteroatoms. The van der Waals surface area contributed by atoms with Crippen molar-refractivity contribution in [1.29, 1.82) is 0 Å². The normalized spacial score (nSPS) is 18.1. The third-order valence-corrected chi connectivity index (χ3v) is 5.59. The predicted octanol–water partition coefficient (Wildman–Crippen LogP) is 3.78. The summed E-state index contributed by atoms with van der Waals surface area (Å²) in [5, 5.41) is 10.3. The van der Waals surface area contributed by atoms with Gasteiger partial charge >= 0.3 is 0 Å². The van der Waals surface area contributed by atoms with Crippen LogP contribution in [0.3, 0.4) is 0 Å². The molecule has 0 saturated carbocycles. The molecule has 6 nitrogen and oxygen atoms in total. The zero-order valence-corrected chi connectivity index (χ0v) is 17.0. The summed E-state index contributed by atoms with van der Waals surface area (Å²) in [4.78, 5) is 3.99. The number of aromatic hydroxyl groups is 1. The molecule has 0 amide bonds. The van der Waals surface area contributed by atoms with Crippen molar-refractivity contribution in [1.82, 2.24) is 0 Å². The van der Waals surface area contributed by atoms with Crippen LogP contribution in [0.4, 0.5) is 5.69 Å². The van der Waals surface area contributed by atoms with Crippen LogP contribution in [-0.2, 0) is 6.42 Å². The maximum Gasteiger partial charge on any atom is 0.191 e. The second-order valence-corrected chi connectivity index (χ2v) is 7.71. The molecular weight excluding hydrogens is 354 g/mol. The summed E-state index contributed by atoms with van der Waals surface area (Å²) in [6.45, 7) is 8.57. The monoisotopic (exact) mass is 383 g/mol. The topological polar surface area (TPSA) is 103 Å². The van der Waals surface area contributed by atoms with Crippen LogP contribution in [0.2, 0.25) is 0 Å². The first-order valence-electron chi connectivity index (χ1n) is 9.53. The Hall–Kier alpha value is -2.89. The second-order valence-electron chi connectivity index (χ2n) is 7.71. The van der Waals surface area contributed by atoms with E-state index in [1.165, 1.54) is 0 Å². The highest BCUT2D eigenvalue weighted by Crippen LogP contribution is 2.44. The van der Waals surface area contributed by atoms with Gasteiger partial charge in [0.15, 0.2) is 5.96 Å². The van der Waals surface area contributed by atoms with Gasteiger partial charge in [-0.3, -0.25) is 0 Å². The second kappa shape index (κ2) is 7.62. The SMILES string of the molecule is Cc1c(C)c2c(c(C)c1O)CCC(C)(CCOc1ccc(N=C(N)N)cc1)O2. The molecule has 28 heavy (non-hydrogen) atoms. The van der Waals surface area contributed by atoms with Gasteiger partial charge in [-0.1, -0.05) is 0 Å². The van der Waals surface area contributed by atoms with Crippen molar-refractivity contribution in [3.05, 3.63) is 46.5 Å². The quantitative estimate of drug-likeness (QED) is 0.539. The van der Waals surface area contributed by atoms with Crippen molar-refractivity contribution in [3.8, 4) is 17.2 Å². The molecule has 1 atom stereocenters. The number of rotatable bonds is 5. The zero-order chi connectivity index (χ0) is 20.5. The van der Waals surface area contributed by atoms with Crippen molar-refractivity contribution >= 4 is 11.6 Å². The standard InChI is InChI=1S/C22H29N3O3/c1-13-14(2)20-18(15(3)19(13)26)9-10-22(4,28-20)11-12-27-17-7-5-16(6-8-17)25-21(23)24/h5-8,26H,9-12H2,1-4H3,(H4,23,24,25). The van der Waals surface area contributed by atoms with E-state index in [1.54, 1.807) is 0 Å². The van der Waals surface area contributed by atoms with Crippen LogP contribution in [-0.4, -0.2) is 23.3 Å². The molecule has 0 fully saturated rings. The van der Waals surface area contributed by atoms with E-state index in [4.69, 9.17) is 20.9 Å². The van der Waals surface area contributed by atoms with E-state index in [-0.39, 0.29) is 11.6 Å². The first-order chi connectivity index (χ1) is 13.2. The number of phenols is 1. The summed E-state index contributed by atoms with van der Waals surface area (Å²) in [6, 6.07) is 7.32. The molecule has 0 spiro atoms. The molecule has 3 rings (SSSR count). The Morgan fingerprint density at radius 1 is 1.14 bits per heavy atom. The van der Waals surface area contributed by atoms with Crippen molar-refractivity contribution in [2.75, 3.05) is 6.61 Å². The van der Waals surface area contributed by atoms with Crippen LogP contribution in [0.15, 0.2) is 29.3 Å². The summed E-state index contributed by atoms with van der Waals surface area (Å²) >= 11 is 0. The highest BCUT2D eigenvalue weighted by Gasteiger charge is 2.34. The Balaban J connectivity index is 1.65. The van der Waals surface area contributed by atoms with Crippen LogP contribution in [0, 0.1) is 20.8 Å². The summed E-state index contributed by atoms with van der Waals surface area (Å²) < 4.78 is 12.3. The fraction of sp³-hybridized carbons (Fsp3) is 0.409. The molecule has 0 aromatic heterocycles. The van der Waals surface area contributed by atoms with Crippen molar-refractivity contribution in [2.24, 2.45) is 16.5 Å². The van der Waals surface area contributed by atoms with Gasteiger partial charge in [0.05, 0.1) is 12.3 Å². The summed E-state index contributed by atoms with van der Waals surface area (Å²) in [6.07, 6.45) is 2.54. The van der Waals surface area contributed by atoms with Crippen LogP contribution < -0.4 is 20.9 Å². The van der Waals surface area contributed by atoms with Gasteiger partial charge in [0.25, 0.3) is 0 Å². The first kappa shape index (κ1) is 19.9. The predicted molar refractivity (Wildman–Crippen MR) is 112 cm³/mol. The fourth-order valence-corrected chi connectivity index (χ4v) is 3.62. The maximum absolute atomic E-state index is 10.3. The van der Waals surface area contributed by atoms with Gasteiger partial charge in [-0.2, -0.15) is 0 Å². The number of ether oxygens (including phenoxy) is 2. The van der Waals surface area contributed by atoms with Gasteiger partial charge in [0.2, 0.25) is 0 Å². The van der Waals surface area contributed by atoms with Crippen LogP contribution in [0.5, 0.6) is 17.2 Å². The van der Waals surface area contributed by atoms with Gasteiger partial charge in [0, 0.05) is 12.0 Å². The first-order valence-corrected chi connectivity index (χ1v) is 9.53. The molecule has 0 bridgehead atoms. The van der Waals surface area contributed by atoms with Gasteiger partial charge in [-0.25, -0.2) is 4.99 Å². The average Bonchev–Trinajstić information content (AvgIpc) is 2.65. The molecule has 0 radical (unpaired) electrons. The number of guanidine groups is 1. The minimum atomic E-state index is -0.300. The highest BCUT2D eigenvalue weighted by molar-refractivity contribution is 5.79. The molecule has 1 aliphatic heterocycles. The Kier molecular flexibility index (Phi) is 5.40. The number of aliphatic imine (C=N–C) groups is 1. The molecule has 2 aromatic rings. The van der Waals surface area contributed by atoms with E-state index in [0.717, 1.165) is 53.0 Å². The molecule has 1 aliphatic rings. The largest absolute Gasteiger partial charge is 0.507 e. The van der Waals surface area contributed by atoms with Crippen molar-refractivity contribution < 1.29 is 14.6 Å². The number of nitrogens with two attached hydrogens (primary N) is 2. The average molecular weight is 383 g/mol. The molecular formula is C22H29N3O3. The summed E-state index contributed by atoms with van der Waals surface area (Å²) in [5.74, 6) is 2.10. The molecule has 150 valence electrons. The number of phenolic OH excluding ortho intramolecular Hbond substituents is 1. The van der Waals surface area contributed by atoms with E-state index >= 15 is 0 Å². The highest BCUT2D eigenvalue weighted by atomic mass is 16.5. The number of nitrogens with zero attached hydrogens (tertiary/aromatic N) is 1. The Morgan fingerprint density at radius 3 is 2.46 bits per heavy atom. The van der Waals surface area contributed by atoms with Gasteiger partial charge in [-0.15, -0.1) is 0 Å². The lowest BCUT2D eigenvalue weighted by molar-refractivity contribution is 0.0412. The van der Waals surface area contributed by atoms with E-state index in [2.05, 4.69) is 11.9 Å². The molecule has 1 unspecified atom stereocenters. The minimum Gasteiger partial charge on any atom is -0.507 e. The Bertz CT molecular complexity index is 902. The van der Waals surface area contributed by atoms with Crippen LogP contribution in [0.1, 0.15) is 42.0 Å². The van der Waals surface area contributed by atoms with E-state index < -0.39 is 0 Å². The summed E-state index contributed by atoms with van der Waals surface area (Å²) in [5.41, 5.74) is 15.1. The number of benzene rings is 2. The van der Waals surface area contributed by atoms with E-state index in [9.17, 15) is 5.11 Å². The number of hydrogen-bond donors (Lipinski definition) is 3. The van der Waals surface area contributed by atoms with Crippen molar-refractivity contribution in [3.63, 3.8) is 0 Å². The third kappa shape index (κ3) is 4.01. The minimum absolute atomic E-state index is 0.0328. The summed E-state index contributed by atoms with van der Waals surface area (Å²) in [7, 11) is 0. The lowest BCUT2D eigenvalue weighted by atomic mass is 9.86. The molecule has 0 saturated heterocycles. The lowest BCUT2D eigenvalue weighted by Gasteiger charge is -2.38. The third-order valence-electron chi connectivity index (χ3n) is 5.59. The maximum atomic E-state index is 10.3. The smallest absolute Gasteiger partial charge is 0.191 e.